The number of rotatable bonds is 6. The monoisotopic (exact) mass is 484 g/mol. The van der Waals surface area contributed by atoms with Crippen LogP contribution in [0.2, 0.25) is 5.02 Å². The van der Waals surface area contributed by atoms with Crippen LogP contribution in [0, 0.1) is 17.1 Å². The number of halogens is 3. The highest BCUT2D eigenvalue weighted by atomic mass is 79.9. The van der Waals surface area contributed by atoms with Gasteiger partial charge in [-0.05, 0) is 54.6 Å². The first-order valence-electron chi connectivity index (χ1n) is 8.81. The lowest BCUT2D eigenvalue weighted by Gasteiger charge is -2.11. The van der Waals surface area contributed by atoms with Gasteiger partial charge < -0.3 is 10.1 Å². The summed E-state index contributed by atoms with van der Waals surface area (Å²) in [7, 11) is 0. The first-order valence-corrected chi connectivity index (χ1v) is 9.98. The van der Waals surface area contributed by atoms with Gasteiger partial charge in [-0.25, -0.2) is 4.39 Å². The highest BCUT2D eigenvalue weighted by molar-refractivity contribution is 9.10. The number of nitrogens with one attached hydrogen (secondary N) is 1. The smallest absolute Gasteiger partial charge is 0.266 e. The molecule has 1 amide bonds. The average Bonchev–Trinajstić information content (AvgIpc) is 2.74. The van der Waals surface area contributed by atoms with Gasteiger partial charge >= 0.3 is 0 Å². The van der Waals surface area contributed by atoms with E-state index < -0.39 is 11.7 Å². The summed E-state index contributed by atoms with van der Waals surface area (Å²) in [6, 6.07) is 19.8. The molecule has 0 atom stereocenters. The molecule has 4 nitrogen and oxygen atoms in total. The Kier molecular flexibility index (Phi) is 7.23. The van der Waals surface area contributed by atoms with Gasteiger partial charge in [0.25, 0.3) is 5.91 Å². The number of amides is 1. The van der Waals surface area contributed by atoms with Crippen LogP contribution in [0.4, 0.5) is 10.1 Å². The number of nitrogens with zero attached hydrogens (tertiary/aromatic N) is 1. The number of nitriles is 1. The molecule has 0 aliphatic carbocycles. The third-order valence-corrected chi connectivity index (χ3v) is 4.94. The summed E-state index contributed by atoms with van der Waals surface area (Å²) < 4.78 is 19.7. The maximum absolute atomic E-state index is 13.0. The first-order chi connectivity index (χ1) is 14.5. The Morgan fingerprint density at radius 3 is 2.60 bits per heavy atom. The van der Waals surface area contributed by atoms with Gasteiger partial charge in [0.15, 0.2) is 0 Å². The summed E-state index contributed by atoms with van der Waals surface area (Å²) in [6.07, 6.45) is 1.44. The van der Waals surface area contributed by atoms with Crippen molar-refractivity contribution >= 4 is 45.2 Å². The van der Waals surface area contributed by atoms with E-state index >= 15 is 0 Å². The van der Waals surface area contributed by atoms with E-state index in [4.69, 9.17) is 16.3 Å². The standard InChI is InChI=1S/C23H15BrClFN2O2/c24-18-5-10-22(30-14-15-3-1-2-4-21(15)25)16(12-18)11-17(13-27)23(29)28-20-8-6-19(26)7-9-20/h1-12H,14H2,(H,28,29)/b17-11+. The van der Waals surface area contributed by atoms with Crippen LogP contribution in [0.15, 0.2) is 76.8 Å². The summed E-state index contributed by atoms with van der Waals surface area (Å²) in [4.78, 5) is 12.5. The Labute approximate surface area is 186 Å². The molecule has 3 aromatic rings. The molecule has 150 valence electrons. The maximum Gasteiger partial charge on any atom is 0.266 e. The molecule has 0 radical (unpaired) electrons. The molecular weight excluding hydrogens is 471 g/mol. The predicted molar refractivity (Wildman–Crippen MR) is 119 cm³/mol. The van der Waals surface area contributed by atoms with E-state index in [0.717, 1.165) is 10.0 Å². The van der Waals surface area contributed by atoms with Crippen molar-refractivity contribution in [2.75, 3.05) is 5.32 Å². The van der Waals surface area contributed by atoms with Crippen LogP contribution < -0.4 is 10.1 Å². The second kappa shape index (κ2) is 10.1. The molecule has 0 aliphatic rings. The Morgan fingerprint density at radius 1 is 1.17 bits per heavy atom. The Morgan fingerprint density at radius 2 is 1.90 bits per heavy atom. The highest BCUT2D eigenvalue weighted by Crippen LogP contribution is 2.27. The van der Waals surface area contributed by atoms with Gasteiger partial charge in [0.05, 0.1) is 0 Å². The van der Waals surface area contributed by atoms with Crippen LogP contribution in [0.25, 0.3) is 6.08 Å². The second-order valence-electron chi connectivity index (χ2n) is 6.19. The Hall–Kier alpha value is -3.14. The summed E-state index contributed by atoms with van der Waals surface area (Å²) in [5.41, 5.74) is 1.61. The topological polar surface area (TPSA) is 62.1 Å². The number of carbonyl (C=O) groups excluding carboxylic acids is 1. The quantitative estimate of drug-likeness (QED) is 0.326. The molecule has 0 unspecified atom stereocenters. The van der Waals surface area contributed by atoms with Crippen LogP contribution in [0.3, 0.4) is 0 Å². The van der Waals surface area contributed by atoms with Crippen LogP contribution in [-0.2, 0) is 11.4 Å². The van der Waals surface area contributed by atoms with Crippen molar-refractivity contribution in [1.29, 1.82) is 5.26 Å². The van der Waals surface area contributed by atoms with Crippen molar-refractivity contribution in [2.24, 2.45) is 0 Å². The fourth-order valence-corrected chi connectivity index (χ4v) is 3.14. The van der Waals surface area contributed by atoms with Gasteiger partial charge in [0.2, 0.25) is 0 Å². The molecule has 3 aromatic carbocycles. The van der Waals surface area contributed by atoms with Crippen molar-refractivity contribution in [3.63, 3.8) is 0 Å². The second-order valence-corrected chi connectivity index (χ2v) is 7.52. The first kappa shape index (κ1) is 21.6. The van der Waals surface area contributed by atoms with Crippen molar-refractivity contribution in [2.45, 2.75) is 6.61 Å². The molecule has 30 heavy (non-hydrogen) atoms. The third kappa shape index (κ3) is 5.69. The van der Waals surface area contributed by atoms with E-state index in [-0.39, 0.29) is 12.2 Å². The largest absolute Gasteiger partial charge is 0.488 e. The Bertz CT molecular complexity index is 1140. The maximum atomic E-state index is 13.0. The Balaban J connectivity index is 1.83. The number of carbonyl (C=O) groups is 1. The van der Waals surface area contributed by atoms with Gasteiger partial charge in [0, 0.05) is 26.3 Å². The van der Waals surface area contributed by atoms with E-state index in [9.17, 15) is 14.4 Å². The van der Waals surface area contributed by atoms with Crippen molar-refractivity contribution in [3.8, 4) is 11.8 Å². The summed E-state index contributed by atoms with van der Waals surface area (Å²) >= 11 is 9.56. The molecule has 0 fully saturated rings. The number of benzene rings is 3. The zero-order valence-electron chi connectivity index (χ0n) is 15.5. The molecule has 1 N–H and O–H groups in total. The SMILES string of the molecule is N#C/C(=C\c1cc(Br)ccc1OCc1ccccc1Cl)C(=O)Nc1ccc(F)cc1. The van der Waals surface area contributed by atoms with Gasteiger partial charge in [-0.15, -0.1) is 0 Å². The van der Waals surface area contributed by atoms with Crippen LogP contribution in [0.1, 0.15) is 11.1 Å². The van der Waals surface area contributed by atoms with E-state index in [1.54, 1.807) is 24.3 Å². The third-order valence-electron chi connectivity index (χ3n) is 4.08. The van der Waals surface area contributed by atoms with Crippen molar-refractivity contribution < 1.29 is 13.9 Å². The lowest BCUT2D eigenvalue weighted by atomic mass is 10.1. The predicted octanol–water partition coefficient (Wildman–Crippen LogP) is 6.37. The minimum atomic E-state index is -0.610. The molecule has 0 aliphatic heterocycles. The van der Waals surface area contributed by atoms with Gasteiger partial charge in [-0.1, -0.05) is 45.7 Å². The number of anilines is 1. The minimum absolute atomic E-state index is 0.125. The van der Waals surface area contributed by atoms with Crippen LogP contribution >= 0.6 is 27.5 Å². The van der Waals surface area contributed by atoms with E-state index in [1.807, 2.05) is 24.3 Å². The molecule has 3 rings (SSSR count). The fourth-order valence-electron chi connectivity index (χ4n) is 2.57. The van der Waals surface area contributed by atoms with Crippen LogP contribution in [0.5, 0.6) is 5.75 Å². The zero-order chi connectivity index (χ0) is 21.5. The average molecular weight is 486 g/mol. The van der Waals surface area contributed by atoms with Crippen LogP contribution in [-0.4, -0.2) is 5.91 Å². The van der Waals surface area contributed by atoms with Gasteiger partial charge in [-0.3, -0.25) is 4.79 Å². The van der Waals surface area contributed by atoms with Gasteiger partial charge in [-0.2, -0.15) is 5.26 Å². The molecule has 0 heterocycles. The lowest BCUT2D eigenvalue weighted by molar-refractivity contribution is -0.112. The van der Waals surface area contributed by atoms with E-state index in [1.165, 1.54) is 30.3 Å². The lowest BCUT2D eigenvalue weighted by Crippen LogP contribution is -2.13. The summed E-state index contributed by atoms with van der Waals surface area (Å²) in [6.45, 7) is 0.228. The van der Waals surface area contributed by atoms with Crippen molar-refractivity contribution in [3.05, 3.63) is 98.7 Å². The zero-order valence-corrected chi connectivity index (χ0v) is 17.9. The fraction of sp³-hybridized carbons (Fsp3) is 0.0435. The summed E-state index contributed by atoms with van der Waals surface area (Å²) in [5.74, 6) is -0.542. The number of ether oxygens (including phenoxy) is 1. The van der Waals surface area contributed by atoms with E-state index in [2.05, 4.69) is 21.2 Å². The molecule has 0 saturated heterocycles. The highest BCUT2D eigenvalue weighted by Gasteiger charge is 2.12. The number of hydrogen-bond acceptors (Lipinski definition) is 3. The molecule has 0 aromatic heterocycles. The minimum Gasteiger partial charge on any atom is -0.488 e. The number of hydrogen-bond donors (Lipinski definition) is 1. The molecule has 0 bridgehead atoms. The molecular formula is C23H15BrClFN2O2. The molecule has 7 heteroatoms. The van der Waals surface area contributed by atoms with Crippen molar-refractivity contribution in [1.82, 2.24) is 0 Å². The van der Waals surface area contributed by atoms with Gasteiger partial charge in [0.1, 0.15) is 29.8 Å². The molecule has 0 saturated carbocycles. The normalized spacial score (nSPS) is 10.9. The molecule has 0 spiro atoms. The van der Waals surface area contributed by atoms with E-state index in [0.29, 0.717) is 22.0 Å². The summed E-state index contributed by atoms with van der Waals surface area (Å²) in [5, 5.41) is 12.6.